The maximum atomic E-state index is 3.00. The molecule has 1 aliphatic heterocycles. The maximum Gasteiger partial charge on any atom is -0.00213 e. The molecule has 0 aromatic rings. The summed E-state index contributed by atoms with van der Waals surface area (Å²) < 4.78 is 0. The minimum Gasteiger partial charge on any atom is -0.306 e. The van der Waals surface area contributed by atoms with Gasteiger partial charge in [0.15, 0.2) is 0 Å². The van der Waals surface area contributed by atoms with Gasteiger partial charge in [-0.2, -0.15) is 0 Å². The van der Waals surface area contributed by atoms with Crippen molar-refractivity contribution >= 4 is 0 Å². The SMILES string of the molecule is C=C.CN1CCCC1. The largest absolute Gasteiger partial charge is 0.306 e. The normalized spacial score (nSPS) is 19.6. The molecule has 0 bridgehead atoms. The molecule has 1 saturated heterocycles. The number of rotatable bonds is 0. The van der Waals surface area contributed by atoms with Gasteiger partial charge in [0.1, 0.15) is 0 Å². The van der Waals surface area contributed by atoms with Crippen molar-refractivity contribution in [3.8, 4) is 0 Å². The zero-order valence-electron chi connectivity index (χ0n) is 5.69. The first-order valence-electron chi connectivity index (χ1n) is 3.08. The maximum absolute atomic E-state index is 3.00. The zero-order chi connectivity index (χ0) is 6.41. The predicted octanol–water partition coefficient (Wildman–Crippen LogP) is 1.51. The fourth-order valence-corrected chi connectivity index (χ4v) is 0.875. The quantitative estimate of drug-likeness (QED) is 0.430. The van der Waals surface area contributed by atoms with Crippen LogP contribution in [-0.2, 0) is 0 Å². The summed E-state index contributed by atoms with van der Waals surface area (Å²) in [6.07, 6.45) is 2.83. The molecule has 0 N–H and O–H groups in total. The Morgan fingerprint density at radius 3 is 1.62 bits per heavy atom. The molecule has 0 saturated carbocycles. The molecule has 0 unspecified atom stereocenters. The van der Waals surface area contributed by atoms with Crippen molar-refractivity contribution in [1.82, 2.24) is 4.90 Å². The Labute approximate surface area is 52.0 Å². The van der Waals surface area contributed by atoms with Gasteiger partial charge >= 0.3 is 0 Å². The Morgan fingerprint density at radius 1 is 1.12 bits per heavy atom. The third-order valence-electron chi connectivity index (χ3n) is 1.33. The van der Waals surface area contributed by atoms with Crippen LogP contribution >= 0.6 is 0 Å². The summed E-state index contributed by atoms with van der Waals surface area (Å²) in [4.78, 5) is 2.36. The van der Waals surface area contributed by atoms with Crippen molar-refractivity contribution < 1.29 is 0 Å². The molecule has 0 amide bonds. The van der Waals surface area contributed by atoms with Gasteiger partial charge in [-0.3, -0.25) is 0 Å². The summed E-state index contributed by atoms with van der Waals surface area (Å²) in [6, 6.07) is 0. The van der Waals surface area contributed by atoms with Crippen LogP contribution in [0.25, 0.3) is 0 Å². The van der Waals surface area contributed by atoms with Crippen molar-refractivity contribution in [3.05, 3.63) is 13.2 Å². The van der Waals surface area contributed by atoms with Gasteiger partial charge in [-0.25, -0.2) is 0 Å². The minimum absolute atomic E-state index is 1.32. The van der Waals surface area contributed by atoms with Crippen molar-refractivity contribution in [2.75, 3.05) is 20.1 Å². The van der Waals surface area contributed by atoms with E-state index in [4.69, 9.17) is 0 Å². The van der Waals surface area contributed by atoms with Gasteiger partial charge in [0.2, 0.25) is 0 Å². The van der Waals surface area contributed by atoms with Crippen LogP contribution in [0.1, 0.15) is 12.8 Å². The fourth-order valence-electron chi connectivity index (χ4n) is 0.875. The van der Waals surface area contributed by atoms with Gasteiger partial charge in [0, 0.05) is 0 Å². The third-order valence-corrected chi connectivity index (χ3v) is 1.33. The average Bonchev–Trinajstić information content (AvgIpc) is 2.24. The summed E-state index contributed by atoms with van der Waals surface area (Å²) in [6.45, 7) is 8.64. The Bertz CT molecular complexity index is 46.3. The molecular weight excluding hydrogens is 98.1 g/mol. The highest BCUT2D eigenvalue weighted by molar-refractivity contribution is 4.59. The highest BCUT2D eigenvalue weighted by atomic mass is 15.1. The lowest BCUT2D eigenvalue weighted by molar-refractivity contribution is 0.418. The van der Waals surface area contributed by atoms with Gasteiger partial charge in [0.25, 0.3) is 0 Å². The number of hydrogen-bond donors (Lipinski definition) is 0. The molecular formula is C7H15N. The van der Waals surface area contributed by atoms with Gasteiger partial charge in [-0.05, 0) is 33.0 Å². The lowest BCUT2D eigenvalue weighted by atomic mass is 10.4. The van der Waals surface area contributed by atoms with Crippen LogP contribution in [0.15, 0.2) is 13.2 Å². The van der Waals surface area contributed by atoms with E-state index < -0.39 is 0 Å². The molecule has 1 fully saturated rings. The lowest BCUT2D eigenvalue weighted by Crippen LogP contribution is -2.10. The van der Waals surface area contributed by atoms with Gasteiger partial charge in [0.05, 0.1) is 0 Å². The molecule has 1 nitrogen and oxygen atoms in total. The van der Waals surface area contributed by atoms with E-state index in [9.17, 15) is 0 Å². The molecule has 1 heterocycles. The van der Waals surface area contributed by atoms with E-state index in [0.29, 0.717) is 0 Å². The van der Waals surface area contributed by atoms with E-state index in [1.807, 2.05) is 0 Å². The summed E-state index contributed by atoms with van der Waals surface area (Å²) in [5.41, 5.74) is 0. The molecule has 1 rings (SSSR count). The first kappa shape index (κ1) is 7.70. The van der Waals surface area contributed by atoms with E-state index in [1.54, 1.807) is 0 Å². The van der Waals surface area contributed by atoms with Crippen molar-refractivity contribution in [3.63, 3.8) is 0 Å². The molecule has 0 atom stereocenters. The molecule has 0 radical (unpaired) electrons. The highest BCUT2D eigenvalue weighted by Gasteiger charge is 2.03. The second kappa shape index (κ2) is 4.85. The van der Waals surface area contributed by atoms with Crippen LogP contribution < -0.4 is 0 Å². The average molecular weight is 113 g/mol. The Kier molecular flexibility index (Phi) is 4.67. The van der Waals surface area contributed by atoms with Crippen molar-refractivity contribution in [1.29, 1.82) is 0 Å². The molecule has 1 heteroatoms. The van der Waals surface area contributed by atoms with Crippen LogP contribution in [0, 0.1) is 0 Å². The monoisotopic (exact) mass is 113 g/mol. The van der Waals surface area contributed by atoms with Crippen LogP contribution in [-0.4, -0.2) is 25.0 Å². The molecule has 0 aromatic heterocycles. The smallest absolute Gasteiger partial charge is 0.00213 e. The van der Waals surface area contributed by atoms with Crippen molar-refractivity contribution in [2.24, 2.45) is 0 Å². The number of nitrogens with zero attached hydrogens (tertiary/aromatic N) is 1. The van der Waals surface area contributed by atoms with E-state index in [-0.39, 0.29) is 0 Å². The summed E-state index contributed by atoms with van der Waals surface area (Å²) in [7, 11) is 2.17. The Morgan fingerprint density at radius 2 is 1.50 bits per heavy atom. The molecule has 48 valence electrons. The Hall–Kier alpha value is -0.300. The molecule has 8 heavy (non-hydrogen) atoms. The van der Waals surface area contributed by atoms with E-state index >= 15 is 0 Å². The lowest BCUT2D eigenvalue weighted by Gasteiger charge is -2.01. The Balaban J connectivity index is 0.000000222. The standard InChI is InChI=1S/C5H11N.C2H4/c1-6-4-2-3-5-6;1-2/h2-5H2,1H3;1-2H2. The highest BCUT2D eigenvalue weighted by Crippen LogP contribution is 2.01. The van der Waals surface area contributed by atoms with Crippen LogP contribution in [0.2, 0.25) is 0 Å². The topological polar surface area (TPSA) is 3.24 Å². The first-order valence-corrected chi connectivity index (χ1v) is 3.08. The fraction of sp³-hybridized carbons (Fsp3) is 0.714. The van der Waals surface area contributed by atoms with E-state index in [1.165, 1.54) is 25.9 Å². The van der Waals surface area contributed by atoms with E-state index in [0.717, 1.165) is 0 Å². The van der Waals surface area contributed by atoms with Crippen LogP contribution in [0.5, 0.6) is 0 Å². The summed E-state index contributed by atoms with van der Waals surface area (Å²) in [5.74, 6) is 0. The molecule has 1 aliphatic rings. The van der Waals surface area contributed by atoms with Crippen LogP contribution in [0.3, 0.4) is 0 Å². The molecule has 0 aliphatic carbocycles. The second-order valence-electron chi connectivity index (χ2n) is 2.01. The molecule has 0 aromatic carbocycles. The first-order chi connectivity index (χ1) is 3.89. The third kappa shape index (κ3) is 2.80. The number of hydrogen-bond acceptors (Lipinski definition) is 1. The number of likely N-dealkylation sites (tertiary alicyclic amines) is 1. The van der Waals surface area contributed by atoms with Gasteiger partial charge in [-0.15, -0.1) is 13.2 Å². The van der Waals surface area contributed by atoms with Gasteiger partial charge in [-0.1, -0.05) is 0 Å². The second-order valence-corrected chi connectivity index (χ2v) is 2.01. The predicted molar refractivity (Wildman–Crippen MR) is 38.0 cm³/mol. The van der Waals surface area contributed by atoms with Crippen molar-refractivity contribution in [2.45, 2.75) is 12.8 Å². The minimum atomic E-state index is 1.32. The zero-order valence-corrected chi connectivity index (χ0v) is 5.69. The summed E-state index contributed by atoms with van der Waals surface area (Å²) in [5, 5.41) is 0. The van der Waals surface area contributed by atoms with Gasteiger partial charge < -0.3 is 4.90 Å². The molecule has 0 spiro atoms. The van der Waals surface area contributed by atoms with E-state index in [2.05, 4.69) is 25.1 Å². The van der Waals surface area contributed by atoms with Crippen LogP contribution in [0.4, 0.5) is 0 Å². The summed E-state index contributed by atoms with van der Waals surface area (Å²) >= 11 is 0.